The van der Waals surface area contributed by atoms with Gasteiger partial charge in [0, 0.05) is 35.8 Å². The van der Waals surface area contributed by atoms with Gasteiger partial charge in [0.1, 0.15) is 35.6 Å². The summed E-state index contributed by atoms with van der Waals surface area (Å²) in [5.74, 6) is -0.863. The number of ether oxygens (including phenoxy) is 6. The maximum atomic E-state index is 15.4. The molecule has 0 aromatic heterocycles. The summed E-state index contributed by atoms with van der Waals surface area (Å²) in [6.07, 6.45) is 4.29. The number of carbonyl (C=O) groups excluding carboxylic acids is 2. The fraction of sp³-hybridized carbons (Fsp3) is 0.842. The number of hydrogen-bond acceptors (Lipinski definition) is 10. The molecular formula is C38H52O10. The molecule has 5 saturated heterocycles. The van der Waals surface area contributed by atoms with Gasteiger partial charge in [-0.1, -0.05) is 46.0 Å². The largest absolute Gasteiger partial charge is 0.498 e. The highest BCUT2D eigenvalue weighted by Crippen LogP contribution is 2.73. The predicted octanol–water partition coefficient (Wildman–Crippen LogP) is 4.02. The Balaban J connectivity index is 1.25. The van der Waals surface area contributed by atoms with Gasteiger partial charge in [0.05, 0.1) is 47.3 Å². The predicted molar refractivity (Wildman–Crippen MR) is 171 cm³/mol. The van der Waals surface area contributed by atoms with Crippen molar-refractivity contribution in [1.29, 1.82) is 0 Å². The molecule has 0 aromatic carbocycles. The monoisotopic (exact) mass is 668 g/mol. The fourth-order valence-corrected chi connectivity index (χ4v) is 11.2. The molecule has 3 spiro atoms. The van der Waals surface area contributed by atoms with E-state index in [2.05, 4.69) is 13.8 Å². The molecule has 10 heteroatoms. The Morgan fingerprint density at radius 3 is 1.96 bits per heavy atom. The van der Waals surface area contributed by atoms with Gasteiger partial charge in [-0.3, -0.25) is 9.59 Å². The van der Waals surface area contributed by atoms with E-state index in [1.165, 1.54) is 0 Å². The Morgan fingerprint density at radius 2 is 1.31 bits per heavy atom. The topological polar surface area (TPSA) is 137 Å². The van der Waals surface area contributed by atoms with Crippen LogP contribution in [0.25, 0.3) is 0 Å². The summed E-state index contributed by atoms with van der Waals surface area (Å²) >= 11 is 0. The number of aliphatic hydroxyl groups excluding tert-OH is 2. The van der Waals surface area contributed by atoms with Crippen molar-refractivity contribution in [1.82, 2.24) is 0 Å². The third kappa shape index (κ3) is 3.84. The SMILES string of the molecule is CCCCC[C@@H]1OC=C2[C@@H]3OC(C)(C)[C@@H](O)C[C@@]34O[C@H]4C(=O)[C@@]23[C@H]2O[C@H](CCCCC)C(C4=C2[C@@H]2OC(C)(C)[C@@H](O)C[C@@]25O[C@H]5C4=O)[C@@H]13. The molecule has 7 aliphatic heterocycles. The molecule has 1 saturated carbocycles. The van der Waals surface area contributed by atoms with Crippen LogP contribution in [0.2, 0.25) is 0 Å². The maximum Gasteiger partial charge on any atom is 0.191 e. The lowest BCUT2D eigenvalue weighted by atomic mass is 9.43. The minimum atomic E-state index is -1.19. The van der Waals surface area contributed by atoms with E-state index in [0.29, 0.717) is 11.1 Å². The summed E-state index contributed by atoms with van der Waals surface area (Å²) < 4.78 is 40.3. The molecule has 7 heterocycles. The van der Waals surface area contributed by atoms with Crippen LogP contribution in [0, 0.1) is 17.3 Å². The van der Waals surface area contributed by atoms with Gasteiger partial charge < -0.3 is 38.6 Å². The van der Waals surface area contributed by atoms with E-state index in [-0.39, 0.29) is 42.5 Å². The zero-order chi connectivity index (χ0) is 33.8. The van der Waals surface area contributed by atoms with E-state index in [9.17, 15) is 15.0 Å². The normalized spacial score (nSPS) is 51.2. The Morgan fingerprint density at radius 1 is 0.729 bits per heavy atom. The molecule has 1 unspecified atom stereocenters. The summed E-state index contributed by atoms with van der Waals surface area (Å²) in [6.45, 7) is 11.9. The van der Waals surface area contributed by atoms with Crippen molar-refractivity contribution >= 4 is 11.6 Å². The molecule has 3 aliphatic carbocycles. The number of aliphatic hydroxyl groups is 2. The lowest BCUT2D eigenvalue weighted by Crippen LogP contribution is -2.76. The Labute approximate surface area is 282 Å². The van der Waals surface area contributed by atoms with Gasteiger partial charge in [-0.05, 0) is 52.5 Å². The van der Waals surface area contributed by atoms with Gasteiger partial charge in [0.15, 0.2) is 17.7 Å². The van der Waals surface area contributed by atoms with E-state index in [0.717, 1.165) is 56.9 Å². The first-order chi connectivity index (χ1) is 22.8. The van der Waals surface area contributed by atoms with Crippen LogP contribution in [0.1, 0.15) is 106 Å². The van der Waals surface area contributed by atoms with Crippen molar-refractivity contribution in [3.63, 3.8) is 0 Å². The molecule has 0 amide bonds. The Hall–Kier alpha value is -1.66. The lowest BCUT2D eigenvalue weighted by Gasteiger charge is -2.66. The third-order valence-electron chi connectivity index (χ3n) is 13.9. The van der Waals surface area contributed by atoms with Crippen LogP contribution in [0.15, 0.2) is 23.0 Å². The van der Waals surface area contributed by atoms with Gasteiger partial charge in [-0.15, -0.1) is 0 Å². The molecule has 10 aliphatic rings. The highest BCUT2D eigenvalue weighted by atomic mass is 16.7. The summed E-state index contributed by atoms with van der Waals surface area (Å²) in [7, 11) is 0. The Bertz CT molecular complexity index is 1500. The first-order valence-electron chi connectivity index (χ1n) is 18.7. The van der Waals surface area contributed by atoms with Crippen LogP contribution in [0.3, 0.4) is 0 Å². The van der Waals surface area contributed by atoms with Gasteiger partial charge in [-0.25, -0.2) is 0 Å². The number of Topliss-reactive ketones (excluding diaryl/α,β-unsaturated/α-hetero) is 2. The van der Waals surface area contributed by atoms with Gasteiger partial charge >= 0.3 is 0 Å². The molecule has 2 N–H and O–H groups in total. The Kier molecular flexibility index (Phi) is 6.88. The molecule has 264 valence electrons. The average molecular weight is 669 g/mol. The molecule has 10 rings (SSSR count). The lowest BCUT2D eigenvalue weighted by molar-refractivity contribution is -0.246. The summed E-state index contributed by atoms with van der Waals surface area (Å²) in [5, 5.41) is 22.3. The van der Waals surface area contributed by atoms with Crippen molar-refractivity contribution in [2.24, 2.45) is 17.3 Å². The maximum absolute atomic E-state index is 15.4. The standard InChI is InChI=1S/C38H52O10/c1-7-9-11-13-19-23-24-25(30-37(32(47-37)27(24)41)16-22(40)35(5,6)46-30)31(44-19)38-18(17-43-20(26(23)38)14-12-10-8-2)29-36(33(48-36)28(38)42)15-21(39)34(3,4)45-29/h17,19-23,26,29-33,39-40H,7-16H2,1-6H3/t19-,20+,21+,22+,23?,26-,29+,30+,31+,32+,33+,36-,37-,38-/m1/s1. The number of unbranched alkanes of at least 4 members (excludes halogenated alkanes) is 4. The van der Waals surface area contributed by atoms with Crippen LogP contribution in [-0.2, 0) is 38.0 Å². The second-order valence-corrected chi connectivity index (χ2v) is 17.4. The summed E-state index contributed by atoms with van der Waals surface area (Å²) in [5.41, 5.74) is -2.75. The highest BCUT2D eigenvalue weighted by molar-refractivity contribution is 6.07. The van der Waals surface area contributed by atoms with E-state index in [1.54, 1.807) is 6.26 Å². The summed E-state index contributed by atoms with van der Waals surface area (Å²) in [6, 6.07) is 0. The number of rotatable bonds is 8. The van der Waals surface area contributed by atoms with Crippen molar-refractivity contribution in [3.8, 4) is 0 Å². The van der Waals surface area contributed by atoms with Gasteiger partial charge in [0.25, 0.3) is 0 Å². The van der Waals surface area contributed by atoms with Crippen molar-refractivity contribution in [2.45, 2.75) is 183 Å². The molecule has 48 heavy (non-hydrogen) atoms. The number of fused-ring (bicyclic) bond motifs is 2. The average Bonchev–Trinajstić information content (AvgIpc) is 3.95. The van der Waals surface area contributed by atoms with E-state index >= 15 is 4.79 Å². The third-order valence-corrected chi connectivity index (χ3v) is 13.9. The van der Waals surface area contributed by atoms with Crippen LogP contribution in [0.4, 0.5) is 0 Å². The molecular weight excluding hydrogens is 616 g/mol. The number of hydrogen-bond donors (Lipinski definition) is 2. The number of carbonyl (C=O) groups is 2. The molecule has 2 bridgehead atoms. The van der Waals surface area contributed by atoms with Crippen LogP contribution >= 0.6 is 0 Å². The first-order valence-corrected chi connectivity index (χ1v) is 18.7. The highest BCUT2D eigenvalue weighted by Gasteiger charge is 2.86. The fourth-order valence-electron chi connectivity index (χ4n) is 11.2. The van der Waals surface area contributed by atoms with Crippen molar-refractivity contribution < 1.29 is 48.2 Å². The van der Waals surface area contributed by atoms with Crippen LogP contribution in [-0.4, -0.2) is 99.1 Å². The molecule has 10 nitrogen and oxygen atoms in total. The van der Waals surface area contributed by atoms with Crippen LogP contribution < -0.4 is 0 Å². The second kappa shape index (κ2) is 10.2. The van der Waals surface area contributed by atoms with E-state index in [1.807, 2.05) is 27.7 Å². The first kappa shape index (κ1) is 32.3. The quantitative estimate of drug-likeness (QED) is 0.288. The van der Waals surface area contributed by atoms with E-state index < -0.39 is 76.5 Å². The molecule has 14 atom stereocenters. The summed E-state index contributed by atoms with van der Waals surface area (Å²) in [4.78, 5) is 30.1. The minimum Gasteiger partial charge on any atom is -0.498 e. The smallest absolute Gasteiger partial charge is 0.191 e. The zero-order valence-corrected chi connectivity index (χ0v) is 29.2. The zero-order valence-electron chi connectivity index (χ0n) is 29.2. The van der Waals surface area contributed by atoms with E-state index in [4.69, 9.17) is 28.4 Å². The number of ketones is 2. The minimum absolute atomic E-state index is 0.0488. The van der Waals surface area contributed by atoms with Crippen molar-refractivity contribution in [2.75, 3.05) is 0 Å². The molecule has 6 fully saturated rings. The van der Waals surface area contributed by atoms with Crippen LogP contribution in [0.5, 0.6) is 0 Å². The van der Waals surface area contributed by atoms with Gasteiger partial charge in [-0.2, -0.15) is 0 Å². The molecule has 0 radical (unpaired) electrons. The number of epoxide rings is 2. The second-order valence-electron chi connectivity index (χ2n) is 17.4. The molecule has 0 aromatic rings. The van der Waals surface area contributed by atoms with Crippen molar-refractivity contribution in [3.05, 3.63) is 23.0 Å². The van der Waals surface area contributed by atoms with Gasteiger partial charge in [0.2, 0.25) is 0 Å².